The van der Waals surface area contributed by atoms with Gasteiger partial charge in [-0.3, -0.25) is 10.0 Å². The topological polar surface area (TPSA) is 49.8 Å². The van der Waals surface area contributed by atoms with Crippen molar-refractivity contribution in [1.29, 1.82) is 0 Å². The predicted molar refractivity (Wildman–Crippen MR) is 87.0 cm³/mol. The summed E-state index contributed by atoms with van der Waals surface area (Å²) in [6.45, 7) is 3.29. The van der Waals surface area contributed by atoms with Crippen LogP contribution in [-0.4, -0.2) is 17.2 Å². The molecule has 0 fully saturated rings. The number of hydroxylamine groups is 1. The lowest BCUT2D eigenvalue weighted by molar-refractivity contribution is -0.129. The van der Waals surface area contributed by atoms with E-state index in [1.54, 1.807) is 49.4 Å². The Morgan fingerprint density at radius 2 is 1.82 bits per heavy atom. The molecule has 0 aliphatic rings. The van der Waals surface area contributed by atoms with Crippen molar-refractivity contribution in [3.05, 3.63) is 58.1 Å². The van der Waals surface area contributed by atoms with Crippen molar-refractivity contribution in [2.45, 2.75) is 20.0 Å². The zero-order valence-electron chi connectivity index (χ0n) is 12.1. The normalized spacial score (nSPS) is 11.9. The van der Waals surface area contributed by atoms with Gasteiger partial charge in [0.05, 0.1) is 10.7 Å². The van der Waals surface area contributed by atoms with E-state index in [0.717, 1.165) is 0 Å². The highest BCUT2D eigenvalue weighted by Gasteiger charge is 2.23. The molecular formula is C16H15Cl2NO3. The Labute approximate surface area is 138 Å². The molecule has 1 N–H and O–H groups in total. The summed E-state index contributed by atoms with van der Waals surface area (Å²) in [6.07, 6.45) is -0.914. The highest BCUT2D eigenvalue weighted by molar-refractivity contribution is 6.36. The summed E-state index contributed by atoms with van der Waals surface area (Å²) in [4.78, 5) is 12.2. The van der Waals surface area contributed by atoms with Crippen molar-refractivity contribution < 1.29 is 14.7 Å². The van der Waals surface area contributed by atoms with Gasteiger partial charge in [-0.2, -0.15) is 5.06 Å². The Hall–Kier alpha value is -1.75. The number of hydrogen-bond acceptors (Lipinski definition) is 3. The largest absolute Gasteiger partial charge is 0.479 e. The van der Waals surface area contributed by atoms with Gasteiger partial charge in [0.15, 0.2) is 6.10 Å². The molecule has 2 rings (SSSR count). The molecule has 1 unspecified atom stereocenters. The predicted octanol–water partition coefficient (Wildman–Crippen LogP) is 4.49. The van der Waals surface area contributed by atoms with Gasteiger partial charge in [-0.15, -0.1) is 0 Å². The molecule has 22 heavy (non-hydrogen) atoms. The van der Waals surface area contributed by atoms with Gasteiger partial charge in [0.2, 0.25) is 0 Å². The first-order valence-electron chi connectivity index (χ1n) is 6.61. The molecule has 0 saturated heterocycles. The Morgan fingerprint density at radius 1 is 1.18 bits per heavy atom. The smallest absolute Gasteiger partial charge is 0.291 e. The van der Waals surface area contributed by atoms with Gasteiger partial charge < -0.3 is 4.74 Å². The first kappa shape index (κ1) is 16.6. The van der Waals surface area contributed by atoms with E-state index in [1.807, 2.05) is 0 Å². The zero-order chi connectivity index (χ0) is 16.3. The van der Waals surface area contributed by atoms with Gasteiger partial charge in [-0.25, -0.2) is 0 Å². The first-order chi connectivity index (χ1) is 10.4. The monoisotopic (exact) mass is 339 g/mol. The molecule has 0 spiro atoms. The maximum atomic E-state index is 12.2. The van der Waals surface area contributed by atoms with Crippen LogP contribution in [0.1, 0.15) is 12.5 Å². The van der Waals surface area contributed by atoms with E-state index in [-0.39, 0.29) is 0 Å². The van der Waals surface area contributed by atoms with Gasteiger partial charge in [0, 0.05) is 5.02 Å². The number of carbonyl (C=O) groups is 1. The number of benzene rings is 2. The average Bonchev–Trinajstić information content (AvgIpc) is 2.54. The van der Waals surface area contributed by atoms with Crippen molar-refractivity contribution in [1.82, 2.24) is 0 Å². The molecule has 0 aliphatic heterocycles. The van der Waals surface area contributed by atoms with Crippen molar-refractivity contribution in [2.24, 2.45) is 0 Å². The Balaban J connectivity index is 2.14. The van der Waals surface area contributed by atoms with Crippen LogP contribution in [0.15, 0.2) is 42.5 Å². The fraction of sp³-hybridized carbons (Fsp3) is 0.188. The third-order valence-electron chi connectivity index (χ3n) is 3.15. The number of anilines is 1. The summed E-state index contributed by atoms with van der Waals surface area (Å²) in [6, 6.07) is 11.7. The van der Waals surface area contributed by atoms with Crippen LogP contribution in [0.3, 0.4) is 0 Å². The third kappa shape index (κ3) is 3.53. The SMILES string of the molecule is Cc1c(Cl)ccc(OC(C)C(=O)N(O)c2ccccc2)c1Cl. The number of ether oxygens (including phenoxy) is 1. The van der Waals surface area contributed by atoms with Crippen LogP contribution in [0.5, 0.6) is 5.75 Å². The molecule has 4 nitrogen and oxygen atoms in total. The van der Waals surface area contributed by atoms with Crippen LogP contribution in [0, 0.1) is 6.92 Å². The van der Waals surface area contributed by atoms with Crippen LogP contribution in [0.4, 0.5) is 5.69 Å². The second-order valence-electron chi connectivity index (χ2n) is 4.73. The average molecular weight is 340 g/mol. The fourth-order valence-corrected chi connectivity index (χ4v) is 2.25. The first-order valence-corrected chi connectivity index (χ1v) is 7.36. The van der Waals surface area contributed by atoms with E-state index in [2.05, 4.69) is 0 Å². The van der Waals surface area contributed by atoms with E-state index in [0.29, 0.717) is 32.1 Å². The highest BCUT2D eigenvalue weighted by Crippen LogP contribution is 2.33. The molecule has 116 valence electrons. The molecule has 0 bridgehead atoms. The Bertz CT molecular complexity index is 677. The molecule has 0 aliphatic carbocycles. The lowest BCUT2D eigenvalue weighted by atomic mass is 10.2. The van der Waals surface area contributed by atoms with Gasteiger partial charge in [-0.1, -0.05) is 41.4 Å². The van der Waals surface area contributed by atoms with Crippen LogP contribution in [-0.2, 0) is 4.79 Å². The molecular weight excluding hydrogens is 325 g/mol. The van der Waals surface area contributed by atoms with E-state index >= 15 is 0 Å². The number of halogens is 2. The van der Waals surface area contributed by atoms with Gasteiger partial charge in [-0.05, 0) is 43.7 Å². The summed E-state index contributed by atoms with van der Waals surface area (Å²) < 4.78 is 5.54. The summed E-state index contributed by atoms with van der Waals surface area (Å²) in [5, 5.41) is 11.4. The number of carbonyl (C=O) groups excluding carboxylic acids is 1. The minimum atomic E-state index is -0.914. The maximum absolute atomic E-state index is 12.2. The van der Waals surface area contributed by atoms with Crippen LogP contribution in [0.25, 0.3) is 0 Å². The number of nitrogens with zero attached hydrogens (tertiary/aromatic N) is 1. The van der Waals surface area contributed by atoms with Gasteiger partial charge in [0.1, 0.15) is 5.75 Å². The molecule has 2 aromatic carbocycles. The van der Waals surface area contributed by atoms with Crippen LogP contribution in [0.2, 0.25) is 10.0 Å². The van der Waals surface area contributed by atoms with Crippen molar-refractivity contribution in [3.63, 3.8) is 0 Å². The highest BCUT2D eigenvalue weighted by atomic mass is 35.5. The third-order valence-corrected chi connectivity index (χ3v) is 4.03. The van der Waals surface area contributed by atoms with Gasteiger partial charge >= 0.3 is 0 Å². The van der Waals surface area contributed by atoms with Crippen molar-refractivity contribution in [3.8, 4) is 5.75 Å². The second-order valence-corrected chi connectivity index (χ2v) is 5.52. The standard InChI is InChI=1S/C16H15Cl2NO3/c1-10-13(17)8-9-14(15(10)18)22-11(2)16(20)19(21)12-6-4-3-5-7-12/h3-9,11,21H,1-2H3. The number of rotatable bonds is 4. The summed E-state index contributed by atoms with van der Waals surface area (Å²) in [7, 11) is 0. The number of hydrogen-bond donors (Lipinski definition) is 1. The minimum Gasteiger partial charge on any atom is -0.479 e. The molecule has 0 heterocycles. The Morgan fingerprint density at radius 3 is 2.45 bits per heavy atom. The van der Waals surface area contributed by atoms with E-state index < -0.39 is 12.0 Å². The van der Waals surface area contributed by atoms with E-state index in [4.69, 9.17) is 27.9 Å². The second kappa shape index (κ2) is 7.01. The molecule has 6 heteroatoms. The quantitative estimate of drug-likeness (QED) is 0.659. The minimum absolute atomic E-state index is 0.339. The van der Waals surface area contributed by atoms with Crippen LogP contribution >= 0.6 is 23.2 Å². The summed E-state index contributed by atoms with van der Waals surface area (Å²) in [5.74, 6) is -0.263. The number of para-hydroxylation sites is 1. The lowest BCUT2D eigenvalue weighted by Crippen LogP contribution is -2.38. The maximum Gasteiger partial charge on any atom is 0.291 e. The molecule has 1 atom stereocenters. The molecule has 0 saturated carbocycles. The molecule has 1 amide bonds. The Kier molecular flexibility index (Phi) is 5.29. The summed E-state index contributed by atoms with van der Waals surface area (Å²) in [5.41, 5.74) is 1.03. The molecule has 0 aromatic heterocycles. The van der Waals surface area contributed by atoms with E-state index in [1.165, 1.54) is 6.92 Å². The number of amides is 1. The van der Waals surface area contributed by atoms with Crippen molar-refractivity contribution >= 4 is 34.8 Å². The van der Waals surface area contributed by atoms with E-state index in [9.17, 15) is 10.0 Å². The summed E-state index contributed by atoms with van der Waals surface area (Å²) >= 11 is 12.1. The molecule has 2 aromatic rings. The lowest BCUT2D eigenvalue weighted by Gasteiger charge is -2.21. The zero-order valence-corrected chi connectivity index (χ0v) is 13.6. The fourth-order valence-electron chi connectivity index (χ4n) is 1.84. The van der Waals surface area contributed by atoms with Crippen LogP contribution < -0.4 is 9.80 Å². The van der Waals surface area contributed by atoms with Gasteiger partial charge in [0.25, 0.3) is 5.91 Å². The molecule has 0 radical (unpaired) electrons. The van der Waals surface area contributed by atoms with Crippen molar-refractivity contribution in [2.75, 3.05) is 5.06 Å².